The number of hydrogen-bond acceptors (Lipinski definition) is 5. The number of benzene rings is 1. The first-order chi connectivity index (χ1) is 13.6. The van der Waals surface area contributed by atoms with Crippen LogP contribution in [0.4, 0.5) is 5.88 Å². The number of piperazine rings is 1. The molecular weight excluding hydrogens is 392 g/mol. The number of aryl methyl sites for hydroxylation is 1. The predicted octanol–water partition coefficient (Wildman–Crippen LogP) is 0.808. The van der Waals surface area contributed by atoms with Gasteiger partial charge in [0.15, 0.2) is 6.54 Å². The highest BCUT2D eigenvalue weighted by Crippen LogP contribution is 2.23. The second-order valence-corrected chi connectivity index (χ2v) is 10.5. The van der Waals surface area contributed by atoms with Crippen molar-refractivity contribution in [1.82, 2.24) is 9.46 Å². The molecule has 1 aromatic carbocycles. The maximum absolute atomic E-state index is 12.8. The molecule has 1 saturated heterocycles. The number of sulfonamides is 1. The van der Waals surface area contributed by atoms with Crippen LogP contribution >= 0.6 is 0 Å². The SMILES string of the molecule is Cc1ccc(S(=O)(=O)N2CC[NH+](CC(=O)Nc3cc(C(C)(C)C)no3)CC2)cc1. The molecule has 9 heteroatoms. The first kappa shape index (κ1) is 21.5. The first-order valence-corrected chi connectivity index (χ1v) is 11.2. The van der Waals surface area contributed by atoms with Crippen LogP contribution in [0.2, 0.25) is 0 Å². The van der Waals surface area contributed by atoms with Crippen LogP contribution in [-0.2, 0) is 20.2 Å². The van der Waals surface area contributed by atoms with Gasteiger partial charge < -0.3 is 9.42 Å². The molecule has 0 unspecified atom stereocenters. The minimum absolute atomic E-state index is 0.156. The largest absolute Gasteiger partial charge is 0.338 e. The summed E-state index contributed by atoms with van der Waals surface area (Å²) in [5, 5.41) is 6.72. The van der Waals surface area contributed by atoms with Gasteiger partial charge in [-0.25, -0.2) is 8.42 Å². The highest BCUT2D eigenvalue weighted by molar-refractivity contribution is 7.89. The van der Waals surface area contributed by atoms with Crippen molar-refractivity contribution in [1.29, 1.82) is 0 Å². The van der Waals surface area contributed by atoms with Crippen molar-refractivity contribution in [3.63, 3.8) is 0 Å². The van der Waals surface area contributed by atoms with E-state index in [0.29, 0.717) is 37.0 Å². The third-order valence-corrected chi connectivity index (χ3v) is 6.95. The third-order valence-electron chi connectivity index (χ3n) is 5.04. The number of anilines is 1. The van der Waals surface area contributed by atoms with Crippen LogP contribution in [0, 0.1) is 6.92 Å². The van der Waals surface area contributed by atoms with Crippen LogP contribution in [0.5, 0.6) is 0 Å². The minimum atomic E-state index is -3.49. The van der Waals surface area contributed by atoms with Crippen LogP contribution in [0.15, 0.2) is 39.8 Å². The molecule has 1 amide bonds. The zero-order valence-electron chi connectivity index (χ0n) is 17.4. The number of rotatable bonds is 5. The molecule has 0 radical (unpaired) electrons. The number of aromatic nitrogens is 1. The van der Waals surface area contributed by atoms with Crippen LogP contribution in [0.1, 0.15) is 32.0 Å². The van der Waals surface area contributed by atoms with Crippen LogP contribution in [0.3, 0.4) is 0 Å². The molecule has 0 spiro atoms. The molecule has 0 saturated carbocycles. The van der Waals surface area contributed by atoms with Gasteiger partial charge in [0.25, 0.3) is 5.91 Å². The van der Waals surface area contributed by atoms with Gasteiger partial charge in [-0.1, -0.05) is 43.6 Å². The number of amides is 1. The fraction of sp³-hybridized carbons (Fsp3) is 0.500. The second kappa shape index (κ2) is 8.25. The Bertz CT molecular complexity index is 953. The lowest BCUT2D eigenvalue weighted by Gasteiger charge is -2.31. The molecule has 158 valence electrons. The second-order valence-electron chi connectivity index (χ2n) is 8.52. The predicted molar refractivity (Wildman–Crippen MR) is 109 cm³/mol. The molecule has 1 fully saturated rings. The minimum Gasteiger partial charge on any atom is -0.338 e. The number of quaternary nitrogens is 1. The molecule has 0 atom stereocenters. The van der Waals surface area contributed by atoms with Gasteiger partial charge in [-0.05, 0) is 19.1 Å². The maximum atomic E-state index is 12.8. The van der Waals surface area contributed by atoms with Crippen molar-refractivity contribution in [2.24, 2.45) is 0 Å². The van der Waals surface area contributed by atoms with E-state index in [-0.39, 0.29) is 17.9 Å². The average Bonchev–Trinajstić information content (AvgIpc) is 3.11. The van der Waals surface area contributed by atoms with Gasteiger partial charge in [0, 0.05) is 11.5 Å². The molecular formula is C20H29N4O4S+. The van der Waals surface area contributed by atoms with Crippen molar-refractivity contribution in [3.8, 4) is 0 Å². The summed E-state index contributed by atoms with van der Waals surface area (Å²) < 4.78 is 32.2. The van der Waals surface area contributed by atoms with Crippen molar-refractivity contribution in [2.45, 2.75) is 38.0 Å². The van der Waals surface area contributed by atoms with Gasteiger partial charge in [0.2, 0.25) is 15.9 Å². The highest BCUT2D eigenvalue weighted by Gasteiger charge is 2.31. The number of nitrogens with zero attached hydrogens (tertiary/aromatic N) is 2. The van der Waals surface area contributed by atoms with Gasteiger partial charge in [0.1, 0.15) is 0 Å². The topological polar surface area (TPSA) is 97.0 Å². The summed E-state index contributed by atoms with van der Waals surface area (Å²) in [5.74, 6) is 0.159. The lowest BCUT2D eigenvalue weighted by atomic mass is 9.92. The Balaban J connectivity index is 1.52. The van der Waals surface area contributed by atoms with Gasteiger partial charge in [-0.15, -0.1) is 0 Å². The lowest BCUT2D eigenvalue weighted by Crippen LogP contribution is -3.15. The zero-order valence-corrected chi connectivity index (χ0v) is 18.2. The van der Waals surface area contributed by atoms with E-state index in [0.717, 1.165) is 16.2 Å². The monoisotopic (exact) mass is 421 g/mol. The smallest absolute Gasteiger partial charge is 0.281 e. The van der Waals surface area contributed by atoms with Gasteiger partial charge >= 0.3 is 0 Å². The number of carbonyl (C=O) groups is 1. The normalized spacial score (nSPS) is 16.7. The Labute approximate surface area is 171 Å². The van der Waals surface area contributed by atoms with Crippen molar-refractivity contribution in [3.05, 3.63) is 41.6 Å². The summed E-state index contributed by atoms with van der Waals surface area (Å²) in [4.78, 5) is 13.7. The van der Waals surface area contributed by atoms with Crippen molar-refractivity contribution >= 4 is 21.8 Å². The molecule has 2 aromatic rings. The van der Waals surface area contributed by atoms with Gasteiger partial charge in [-0.2, -0.15) is 4.31 Å². The average molecular weight is 422 g/mol. The molecule has 1 aliphatic heterocycles. The highest BCUT2D eigenvalue weighted by atomic mass is 32.2. The van der Waals surface area contributed by atoms with E-state index >= 15 is 0 Å². The van der Waals surface area contributed by atoms with Crippen LogP contribution in [-0.4, -0.2) is 56.5 Å². The summed E-state index contributed by atoms with van der Waals surface area (Å²) in [6, 6.07) is 8.61. The van der Waals surface area contributed by atoms with E-state index in [4.69, 9.17) is 4.52 Å². The van der Waals surface area contributed by atoms with Gasteiger partial charge in [-0.3, -0.25) is 10.1 Å². The fourth-order valence-electron chi connectivity index (χ4n) is 3.18. The molecule has 8 nitrogen and oxygen atoms in total. The van der Waals surface area contributed by atoms with Crippen molar-refractivity contribution in [2.75, 3.05) is 38.0 Å². The summed E-state index contributed by atoms with van der Waals surface area (Å²) in [6.45, 7) is 10.1. The van der Waals surface area contributed by atoms with Crippen LogP contribution < -0.4 is 10.2 Å². The third kappa shape index (κ3) is 5.23. The quantitative estimate of drug-likeness (QED) is 0.745. The molecule has 0 bridgehead atoms. The Morgan fingerprint density at radius 1 is 1.21 bits per heavy atom. The fourth-order valence-corrected chi connectivity index (χ4v) is 4.62. The molecule has 2 N–H and O–H groups in total. The zero-order chi connectivity index (χ0) is 21.2. The van der Waals surface area contributed by atoms with E-state index < -0.39 is 10.0 Å². The van der Waals surface area contributed by atoms with Gasteiger partial charge in [0.05, 0.1) is 36.8 Å². The van der Waals surface area contributed by atoms with E-state index in [1.54, 1.807) is 30.3 Å². The lowest BCUT2D eigenvalue weighted by molar-refractivity contribution is -0.895. The summed E-state index contributed by atoms with van der Waals surface area (Å²) in [5.41, 5.74) is 1.64. The number of hydrogen-bond donors (Lipinski definition) is 2. The maximum Gasteiger partial charge on any atom is 0.281 e. The van der Waals surface area contributed by atoms with E-state index in [2.05, 4.69) is 10.5 Å². The van der Waals surface area contributed by atoms with E-state index in [1.807, 2.05) is 27.7 Å². The number of carbonyl (C=O) groups excluding carboxylic acids is 1. The van der Waals surface area contributed by atoms with E-state index in [1.165, 1.54) is 4.31 Å². The molecule has 0 aliphatic carbocycles. The Kier molecular flexibility index (Phi) is 6.11. The molecule has 3 rings (SSSR count). The summed E-state index contributed by atoms with van der Waals surface area (Å²) >= 11 is 0. The molecule has 1 aromatic heterocycles. The first-order valence-electron chi connectivity index (χ1n) is 9.73. The molecule has 29 heavy (non-hydrogen) atoms. The Morgan fingerprint density at radius 3 is 2.38 bits per heavy atom. The summed E-state index contributed by atoms with van der Waals surface area (Å²) in [7, 11) is -3.49. The number of nitrogens with one attached hydrogen (secondary N) is 2. The van der Waals surface area contributed by atoms with E-state index in [9.17, 15) is 13.2 Å². The van der Waals surface area contributed by atoms with Crippen molar-refractivity contribution < 1.29 is 22.6 Å². The molecule has 2 heterocycles. The Morgan fingerprint density at radius 2 is 1.83 bits per heavy atom. The van der Waals surface area contributed by atoms with Crippen LogP contribution in [0.25, 0.3) is 0 Å². The Hall–Kier alpha value is -2.23. The molecule has 1 aliphatic rings. The standard InChI is InChI=1S/C20H28N4O4S/c1-15-5-7-16(8-6-15)29(26,27)24-11-9-23(10-12-24)14-18(25)21-19-13-17(22-28-19)20(2,3)4/h5-8,13H,9-12,14H2,1-4H3,(H,21,25)/p+1. The summed E-state index contributed by atoms with van der Waals surface area (Å²) in [6.07, 6.45) is 0.